The number of rotatable bonds is 5. The zero-order valence-electron chi connectivity index (χ0n) is 13.3. The lowest BCUT2D eigenvalue weighted by Gasteiger charge is -2.18. The third kappa shape index (κ3) is 4.85. The van der Waals surface area contributed by atoms with Crippen LogP contribution in [-0.4, -0.2) is 36.0 Å². The van der Waals surface area contributed by atoms with Crippen molar-refractivity contribution in [3.05, 3.63) is 57.3 Å². The molecule has 6 heteroatoms. The molecule has 4 nitrogen and oxygen atoms in total. The van der Waals surface area contributed by atoms with Crippen LogP contribution in [0.3, 0.4) is 0 Å². The molecule has 0 saturated carbocycles. The van der Waals surface area contributed by atoms with Crippen molar-refractivity contribution in [3.8, 4) is 5.75 Å². The molecule has 1 aromatic carbocycles. The molecule has 0 aliphatic heterocycles. The number of amides is 1. The second-order valence-electron chi connectivity index (χ2n) is 5.37. The first-order valence-electron chi connectivity index (χ1n) is 7.15. The summed E-state index contributed by atoms with van der Waals surface area (Å²) in [6.45, 7) is 4.87. The zero-order valence-corrected chi connectivity index (χ0v) is 14.8. The van der Waals surface area contributed by atoms with Crippen molar-refractivity contribution in [2.24, 2.45) is 0 Å². The van der Waals surface area contributed by atoms with Crippen molar-refractivity contribution in [2.75, 3.05) is 20.2 Å². The van der Waals surface area contributed by atoms with Gasteiger partial charge < -0.3 is 9.64 Å². The Labute approximate surface area is 146 Å². The third-order valence-electron chi connectivity index (χ3n) is 3.28. The first-order chi connectivity index (χ1) is 10.9. The predicted octanol–water partition coefficient (Wildman–Crippen LogP) is 4.16. The molecule has 23 heavy (non-hydrogen) atoms. The number of hydrogen-bond donors (Lipinski definition) is 0. The van der Waals surface area contributed by atoms with E-state index in [0.717, 1.165) is 16.9 Å². The van der Waals surface area contributed by atoms with Crippen LogP contribution in [0.4, 0.5) is 0 Å². The molecule has 0 spiro atoms. The topological polar surface area (TPSA) is 42.4 Å². The fourth-order valence-corrected chi connectivity index (χ4v) is 2.62. The van der Waals surface area contributed by atoms with Gasteiger partial charge in [-0.25, -0.2) is 4.98 Å². The van der Waals surface area contributed by atoms with Crippen LogP contribution in [0.15, 0.2) is 30.3 Å². The summed E-state index contributed by atoms with van der Waals surface area (Å²) in [5.74, 6) is 0.581. The van der Waals surface area contributed by atoms with Gasteiger partial charge >= 0.3 is 0 Å². The number of benzene rings is 1. The summed E-state index contributed by atoms with van der Waals surface area (Å²) in [7, 11) is 1.69. The van der Waals surface area contributed by atoms with Crippen molar-refractivity contribution in [1.29, 1.82) is 0 Å². The normalized spacial score (nSPS) is 10.5. The fourth-order valence-electron chi connectivity index (χ4n) is 2.20. The highest BCUT2D eigenvalue weighted by atomic mass is 35.5. The van der Waals surface area contributed by atoms with Crippen molar-refractivity contribution < 1.29 is 9.53 Å². The van der Waals surface area contributed by atoms with Crippen LogP contribution in [0.1, 0.15) is 21.5 Å². The highest BCUT2D eigenvalue weighted by Gasteiger charge is 2.16. The smallest absolute Gasteiger partial charge is 0.256 e. The minimum absolute atomic E-state index is 0.101. The molecule has 0 unspecified atom stereocenters. The second-order valence-corrected chi connectivity index (χ2v) is 6.12. The Morgan fingerprint density at radius 1 is 1.17 bits per heavy atom. The monoisotopic (exact) mass is 352 g/mol. The van der Waals surface area contributed by atoms with Gasteiger partial charge in [-0.05, 0) is 49.2 Å². The Kier molecular flexibility index (Phi) is 5.85. The molecular weight excluding hydrogens is 335 g/mol. The highest BCUT2D eigenvalue weighted by molar-refractivity contribution is 6.34. The summed E-state index contributed by atoms with van der Waals surface area (Å²) in [5, 5.41) is 0.358. The Hall–Kier alpha value is -1.78. The number of aryl methyl sites for hydroxylation is 2. The summed E-state index contributed by atoms with van der Waals surface area (Å²) in [5.41, 5.74) is 2.61. The molecular formula is C17H18Cl2N2O2. The van der Waals surface area contributed by atoms with Gasteiger partial charge in [0.05, 0.1) is 12.1 Å². The number of aromatic nitrogens is 1. The van der Waals surface area contributed by atoms with Gasteiger partial charge in [-0.1, -0.05) is 29.3 Å². The SMILES string of the molecule is Cc1cc(C)cc(OCCN(C)C(=O)c2ccc(Cl)nc2Cl)c1. The molecule has 0 radical (unpaired) electrons. The maximum atomic E-state index is 12.3. The van der Waals surface area contributed by atoms with Gasteiger partial charge in [-0.2, -0.15) is 0 Å². The maximum Gasteiger partial charge on any atom is 0.256 e. The quantitative estimate of drug-likeness (QED) is 0.758. The van der Waals surface area contributed by atoms with Crippen LogP contribution in [0.5, 0.6) is 5.75 Å². The van der Waals surface area contributed by atoms with E-state index >= 15 is 0 Å². The molecule has 1 aromatic heterocycles. The van der Waals surface area contributed by atoms with Crippen molar-refractivity contribution in [3.63, 3.8) is 0 Å². The summed E-state index contributed by atoms with van der Waals surface area (Å²) in [6.07, 6.45) is 0. The fraction of sp³-hybridized carbons (Fsp3) is 0.294. The zero-order chi connectivity index (χ0) is 17.0. The number of carbonyl (C=O) groups excluding carboxylic acids is 1. The average molecular weight is 353 g/mol. The van der Waals surface area contributed by atoms with Gasteiger partial charge in [0.15, 0.2) is 0 Å². The minimum atomic E-state index is -0.219. The number of carbonyl (C=O) groups is 1. The molecule has 2 rings (SSSR count). The van der Waals surface area contributed by atoms with Gasteiger partial charge in [0.25, 0.3) is 5.91 Å². The second kappa shape index (κ2) is 7.66. The summed E-state index contributed by atoms with van der Waals surface area (Å²) >= 11 is 11.7. The highest BCUT2D eigenvalue weighted by Crippen LogP contribution is 2.19. The molecule has 2 aromatic rings. The number of halogens is 2. The van der Waals surface area contributed by atoms with Crippen molar-refractivity contribution in [1.82, 2.24) is 9.88 Å². The van der Waals surface area contributed by atoms with Crippen LogP contribution in [-0.2, 0) is 0 Å². The minimum Gasteiger partial charge on any atom is -0.492 e. The van der Waals surface area contributed by atoms with E-state index in [1.165, 1.54) is 0 Å². The largest absolute Gasteiger partial charge is 0.492 e. The Morgan fingerprint density at radius 2 is 1.83 bits per heavy atom. The molecule has 0 atom stereocenters. The van der Waals surface area contributed by atoms with E-state index in [1.54, 1.807) is 24.1 Å². The van der Waals surface area contributed by atoms with Gasteiger partial charge in [-0.15, -0.1) is 0 Å². The van der Waals surface area contributed by atoms with Crippen LogP contribution < -0.4 is 4.74 Å². The molecule has 0 saturated heterocycles. The van der Waals surface area contributed by atoms with E-state index in [-0.39, 0.29) is 16.2 Å². The van der Waals surface area contributed by atoms with Crippen LogP contribution in [0, 0.1) is 13.8 Å². The predicted molar refractivity (Wildman–Crippen MR) is 92.6 cm³/mol. The third-order valence-corrected chi connectivity index (χ3v) is 3.78. The first kappa shape index (κ1) is 17.6. The number of likely N-dealkylation sites (N-methyl/N-ethyl adjacent to an activating group) is 1. The lowest BCUT2D eigenvalue weighted by atomic mass is 10.1. The van der Waals surface area contributed by atoms with E-state index in [1.807, 2.05) is 26.0 Å². The van der Waals surface area contributed by atoms with E-state index in [9.17, 15) is 4.79 Å². The van der Waals surface area contributed by atoms with Gasteiger partial charge in [0, 0.05) is 7.05 Å². The summed E-state index contributed by atoms with van der Waals surface area (Å²) < 4.78 is 5.71. The molecule has 122 valence electrons. The molecule has 0 fully saturated rings. The molecule has 0 bridgehead atoms. The van der Waals surface area contributed by atoms with Crippen molar-refractivity contribution >= 4 is 29.1 Å². The lowest BCUT2D eigenvalue weighted by Crippen LogP contribution is -2.31. The molecule has 0 aliphatic rings. The van der Waals surface area contributed by atoms with Gasteiger partial charge in [0.1, 0.15) is 22.7 Å². The van der Waals surface area contributed by atoms with E-state index < -0.39 is 0 Å². The van der Waals surface area contributed by atoms with Crippen LogP contribution >= 0.6 is 23.2 Å². The van der Waals surface area contributed by atoms with E-state index in [0.29, 0.717) is 18.7 Å². The standard InChI is InChI=1S/C17H18Cl2N2O2/c1-11-8-12(2)10-13(9-11)23-7-6-21(3)17(22)14-4-5-15(18)20-16(14)19/h4-5,8-10H,6-7H2,1-3H3. The number of pyridine rings is 1. The van der Waals surface area contributed by atoms with E-state index in [2.05, 4.69) is 11.1 Å². The Bertz CT molecular complexity index is 699. The van der Waals surface area contributed by atoms with Gasteiger partial charge in [-0.3, -0.25) is 4.79 Å². The molecule has 0 N–H and O–H groups in total. The van der Waals surface area contributed by atoms with Crippen LogP contribution in [0.25, 0.3) is 0 Å². The number of hydrogen-bond acceptors (Lipinski definition) is 3. The maximum absolute atomic E-state index is 12.3. The van der Waals surface area contributed by atoms with Crippen molar-refractivity contribution in [2.45, 2.75) is 13.8 Å². The number of ether oxygens (including phenoxy) is 1. The lowest BCUT2D eigenvalue weighted by molar-refractivity contribution is 0.0773. The van der Waals surface area contributed by atoms with Crippen LogP contribution in [0.2, 0.25) is 10.3 Å². The first-order valence-corrected chi connectivity index (χ1v) is 7.91. The summed E-state index contributed by atoms with van der Waals surface area (Å²) in [4.78, 5) is 17.7. The molecule has 1 heterocycles. The van der Waals surface area contributed by atoms with Gasteiger partial charge in [0.2, 0.25) is 0 Å². The Balaban J connectivity index is 1.93. The average Bonchev–Trinajstić information content (AvgIpc) is 2.45. The Morgan fingerprint density at radius 3 is 2.43 bits per heavy atom. The molecule has 0 aliphatic carbocycles. The summed E-state index contributed by atoms with van der Waals surface area (Å²) in [6, 6.07) is 9.13. The van der Waals surface area contributed by atoms with E-state index in [4.69, 9.17) is 27.9 Å². The molecule has 1 amide bonds. The number of nitrogens with zero attached hydrogens (tertiary/aromatic N) is 2.